The zero-order valence-corrected chi connectivity index (χ0v) is 45.4. The van der Waals surface area contributed by atoms with Crippen LogP contribution >= 0.6 is 0 Å². The van der Waals surface area contributed by atoms with E-state index in [9.17, 15) is 19.2 Å². The molecule has 0 aromatic heterocycles. The van der Waals surface area contributed by atoms with Gasteiger partial charge in [0.25, 0.3) is 0 Å². The van der Waals surface area contributed by atoms with E-state index >= 15 is 0 Å². The number of unbranched alkanes of at least 4 members (excludes halogenated alkanes) is 1. The van der Waals surface area contributed by atoms with Gasteiger partial charge in [-0.1, -0.05) is 181 Å². The molecule has 13 heteroatoms. The molecule has 5 aromatic rings. The van der Waals surface area contributed by atoms with Crippen LogP contribution < -0.4 is 31.3 Å². The zero-order chi connectivity index (χ0) is 53.4. The van der Waals surface area contributed by atoms with E-state index in [2.05, 4.69) is 26.6 Å². The molecule has 2 fully saturated rings. The Bertz CT molecular complexity index is 2360. The molecule has 2 aliphatic rings. The third kappa shape index (κ3) is 21.7. The van der Waals surface area contributed by atoms with Gasteiger partial charge in [0.2, 0.25) is 0 Å². The van der Waals surface area contributed by atoms with E-state index in [4.69, 9.17) is 4.74 Å². The highest BCUT2D eigenvalue weighted by Gasteiger charge is 2.33. The van der Waals surface area contributed by atoms with Crippen LogP contribution in [0.2, 0.25) is 0 Å². The van der Waals surface area contributed by atoms with Crippen molar-refractivity contribution < 1.29 is 23.9 Å². The molecule has 5 aromatic carbocycles. The minimum atomic E-state index is -0.437. The molecule has 2 saturated carbocycles. The first kappa shape index (κ1) is 58.2. The molecule has 0 aliphatic heterocycles. The van der Waals surface area contributed by atoms with E-state index in [1.807, 2.05) is 155 Å². The van der Waals surface area contributed by atoms with Gasteiger partial charge < -0.3 is 46.0 Å². The number of ether oxygens (including phenoxy) is 1. The number of nitrogens with zero attached hydrogens (tertiary/aromatic N) is 3. The third-order valence-corrected chi connectivity index (χ3v) is 14.7. The van der Waals surface area contributed by atoms with Gasteiger partial charge in [0.15, 0.2) is 0 Å². The van der Waals surface area contributed by atoms with Crippen molar-refractivity contribution in [3.8, 4) is 5.75 Å². The predicted octanol–water partition coefficient (Wildman–Crippen LogP) is 15.1. The molecule has 0 spiro atoms. The van der Waals surface area contributed by atoms with Gasteiger partial charge in [-0.05, 0) is 104 Å². The van der Waals surface area contributed by atoms with Crippen LogP contribution in [0, 0.1) is 5.92 Å². The number of hydrogen-bond donors (Lipinski definition) is 5. The fraction of sp³-hybridized carbons (Fsp3) is 0.460. The molecule has 8 amide bonds. The predicted molar refractivity (Wildman–Crippen MR) is 311 cm³/mol. The summed E-state index contributed by atoms with van der Waals surface area (Å²) >= 11 is 0. The average Bonchev–Trinajstić information content (AvgIpc) is 3.45. The van der Waals surface area contributed by atoms with Crippen molar-refractivity contribution in [2.45, 2.75) is 141 Å². The number of anilines is 4. The van der Waals surface area contributed by atoms with Crippen LogP contribution in [0.4, 0.5) is 41.9 Å². The highest BCUT2D eigenvalue weighted by Crippen LogP contribution is 2.30. The Morgan fingerprint density at radius 2 is 0.961 bits per heavy atom. The minimum absolute atomic E-state index is 0.191. The summed E-state index contributed by atoms with van der Waals surface area (Å²) in [6, 6.07) is 43.3. The van der Waals surface area contributed by atoms with E-state index in [-0.39, 0.29) is 43.3 Å². The smallest absolute Gasteiger partial charge is 0.322 e. The van der Waals surface area contributed by atoms with Gasteiger partial charge in [-0.25, -0.2) is 19.2 Å². The Hall–Kier alpha value is -7.02. The minimum Gasteiger partial charge on any atom is -0.497 e. The maximum Gasteiger partial charge on any atom is 0.322 e. The van der Waals surface area contributed by atoms with Crippen LogP contribution in [-0.2, 0) is 6.42 Å². The van der Waals surface area contributed by atoms with Crippen LogP contribution in [0.25, 0.3) is 0 Å². The number of amides is 8. The summed E-state index contributed by atoms with van der Waals surface area (Å²) in [6.07, 6.45) is 23.7. The molecule has 76 heavy (non-hydrogen) atoms. The van der Waals surface area contributed by atoms with Crippen molar-refractivity contribution in [3.63, 3.8) is 0 Å². The topological polar surface area (TPSA) is 147 Å². The number of methoxy groups -OCH3 is 1. The lowest BCUT2D eigenvalue weighted by Crippen LogP contribution is -2.55. The summed E-state index contributed by atoms with van der Waals surface area (Å²) in [5.41, 5.74) is 3.77. The summed E-state index contributed by atoms with van der Waals surface area (Å²) in [5.74, 6) is 1.15. The number of nitrogens with one attached hydrogen (secondary N) is 5. The van der Waals surface area contributed by atoms with Gasteiger partial charge in [-0.15, -0.1) is 0 Å². The monoisotopic (exact) mass is 1030 g/mol. The average molecular weight is 1040 g/mol. The highest BCUT2D eigenvalue weighted by atomic mass is 16.5. The van der Waals surface area contributed by atoms with E-state index < -0.39 is 6.04 Å². The summed E-state index contributed by atoms with van der Waals surface area (Å²) in [6.45, 7) is 1.38. The summed E-state index contributed by atoms with van der Waals surface area (Å²) in [5, 5.41) is 15.2. The number of urea groups is 4. The van der Waals surface area contributed by atoms with Gasteiger partial charge in [0, 0.05) is 56.0 Å². The van der Waals surface area contributed by atoms with E-state index in [1.54, 1.807) is 19.1 Å². The molecule has 2 aliphatic carbocycles. The Kier molecular flexibility index (Phi) is 25.9. The van der Waals surface area contributed by atoms with Crippen LogP contribution in [0.15, 0.2) is 146 Å². The van der Waals surface area contributed by atoms with Gasteiger partial charge in [0.05, 0.1) is 19.2 Å². The molecule has 7 rings (SSSR count). The molecule has 13 nitrogen and oxygen atoms in total. The summed E-state index contributed by atoms with van der Waals surface area (Å²) in [4.78, 5) is 61.4. The number of carbonyl (C=O) groups is 4. The number of rotatable bonds is 21. The van der Waals surface area contributed by atoms with Crippen molar-refractivity contribution >= 4 is 46.9 Å². The number of hydrogen-bond acceptors (Lipinski definition) is 5. The largest absolute Gasteiger partial charge is 0.497 e. The van der Waals surface area contributed by atoms with Crippen molar-refractivity contribution in [2.24, 2.45) is 5.92 Å². The molecule has 5 N–H and O–H groups in total. The SMILES string of the molecule is C1CCCCCCCCC1.COc1ccc(CCN(CCCC[C@@H](CN(C(=O)Nc2ccccc2)[C@@H](CNC(=O)Nc2ccccc2)CC2CCCCC2)N(C)C(=O)Nc2ccccc2)C(=O)Nc2ccccc2)cc1. The standard InChI is InChI=1S/C53H66N8O5.C10H20/c1-59(51(63)56-44-24-12-5-13-25-44)47(30-18-19-36-60(52(64)57-45-26-14-6-15-27-45)37-35-41-31-33-49(66-2)34-32-41)40-61(53(65)58-46-28-16-7-17-29-46)48(38-42-20-8-3-9-21-42)39-54-50(62)55-43-22-10-4-11-23-43;1-2-4-6-8-10-9-7-5-3-1/h4-7,10-17,22-29,31-34,42,47-48H,3,8-9,18-21,30,35-40H2,1-2H3,(H,56,63)(H,57,64)(H,58,65)(H2,54,55,62);1-10H2/t47-,48+;/m0./s1. The number of carbonyl (C=O) groups excluding carboxylic acids is 4. The lowest BCUT2D eigenvalue weighted by Gasteiger charge is -2.39. The molecule has 0 saturated heterocycles. The quantitative estimate of drug-likeness (QED) is 0.0464. The molecule has 0 bridgehead atoms. The molecular formula is C63H86N8O5. The van der Waals surface area contributed by atoms with Crippen molar-refractivity contribution in [1.82, 2.24) is 20.0 Å². The molecule has 0 radical (unpaired) electrons. The van der Waals surface area contributed by atoms with Crippen LogP contribution in [-0.4, -0.2) is 91.2 Å². The second-order valence-corrected chi connectivity index (χ2v) is 20.5. The van der Waals surface area contributed by atoms with Crippen molar-refractivity contribution in [3.05, 3.63) is 151 Å². The van der Waals surface area contributed by atoms with Gasteiger partial charge in [-0.2, -0.15) is 0 Å². The second kappa shape index (κ2) is 33.8. The third-order valence-electron chi connectivity index (χ3n) is 14.7. The molecule has 0 unspecified atom stereocenters. The number of benzene rings is 5. The van der Waals surface area contributed by atoms with Gasteiger partial charge in [-0.3, -0.25) is 0 Å². The molecule has 2 atom stereocenters. The fourth-order valence-electron chi connectivity index (χ4n) is 10.2. The van der Waals surface area contributed by atoms with Crippen molar-refractivity contribution in [1.29, 1.82) is 0 Å². The molecule has 0 heterocycles. The lowest BCUT2D eigenvalue weighted by molar-refractivity contribution is 0.131. The van der Waals surface area contributed by atoms with E-state index in [0.29, 0.717) is 73.9 Å². The number of para-hydroxylation sites is 4. The zero-order valence-electron chi connectivity index (χ0n) is 45.4. The Balaban J connectivity index is 0.000000839. The summed E-state index contributed by atoms with van der Waals surface area (Å²) in [7, 11) is 3.41. The highest BCUT2D eigenvalue weighted by molar-refractivity contribution is 5.92. The first-order chi connectivity index (χ1) is 37.2. The summed E-state index contributed by atoms with van der Waals surface area (Å²) < 4.78 is 5.35. The van der Waals surface area contributed by atoms with E-state index in [0.717, 1.165) is 37.0 Å². The van der Waals surface area contributed by atoms with Crippen LogP contribution in [0.5, 0.6) is 5.75 Å². The Morgan fingerprint density at radius 3 is 1.45 bits per heavy atom. The first-order valence-corrected chi connectivity index (χ1v) is 28.3. The Morgan fingerprint density at radius 1 is 0.513 bits per heavy atom. The Labute approximate surface area is 453 Å². The van der Waals surface area contributed by atoms with Crippen LogP contribution in [0.1, 0.15) is 128 Å². The van der Waals surface area contributed by atoms with Gasteiger partial charge in [0.1, 0.15) is 5.75 Å². The normalized spacial score (nSPS) is 14.7. The second-order valence-electron chi connectivity index (χ2n) is 20.5. The maximum atomic E-state index is 14.7. The first-order valence-electron chi connectivity index (χ1n) is 28.3. The lowest BCUT2D eigenvalue weighted by atomic mass is 9.84. The molecular weight excluding hydrogens is 949 g/mol. The number of likely N-dealkylation sites (N-methyl/N-ethyl adjacent to an activating group) is 1. The molecule has 408 valence electrons. The van der Waals surface area contributed by atoms with Crippen molar-refractivity contribution in [2.75, 3.05) is 61.6 Å². The van der Waals surface area contributed by atoms with Crippen LogP contribution in [0.3, 0.4) is 0 Å². The fourth-order valence-corrected chi connectivity index (χ4v) is 10.2. The van der Waals surface area contributed by atoms with Gasteiger partial charge >= 0.3 is 24.1 Å². The maximum absolute atomic E-state index is 14.7. The van der Waals surface area contributed by atoms with E-state index in [1.165, 1.54) is 70.6 Å².